The van der Waals surface area contributed by atoms with E-state index in [1.807, 2.05) is 23.9 Å². The molecule has 1 aliphatic rings. The number of hydrogen-bond acceptors (Lipinski definition) is 3. The Morgan fingerprint density at radius 3 is 3.00 bits per heavy atom. The van der Waals surface area contributed by atoms with Gasteiger partial charge in [-0.2, -0.15) is 17.0 Å². The average Bonchev–Trinajstić information content (AvgIpc) is 2.75. The Hall–Kier alpha value is -0.880. The largest absolute Gasteiger partial charge is 0.468 e. The molecule has 0 aromatic carbocycles. The fourth-order valence-corrected chi connectivity index (χ4v) is 2.77. The van der Waals surface area contributed by atoms with Crippen LogP contribution in [0, 0.1) is 16.7 Å². The summed E-state index contributed by atoms with van der Waals surface area (Å²) in [6, 6.07) is 6.19. The van der Waals surface area contributed by atoms with Crippen LogP contribution in [0.4, 0.5) is 0 Å². The fourth-order valence-electron chi connectivity index (χ4n) is 1.48. The highest BCUT2D eigenvalue weighted by atomic mass is 32.2. The number of nitrogens with zero attached hydrogens (tertiary/aromatic N) is 1. The van der Waals surface area contributed by atoms with Crippen molar-refractivity contribution in [1.29, 1.82) is 5.26 Å². The smallest absolute Gasteiger partial charge is 0.113 e. The first-order chi connectivity index (χ1) is 6.85. The molecule has 74 valence electrons. The van der Waals surface area contributed by atoms with Gasteiger partial charge in [0.15, 0.2) is 0 Å². The van der Waals surface area contributed by atoms with Crippen LogP contribution in [0.3, 0.4) is 0 Å². The first-order valence-corrected chi connectivity index (χ1v) is 5.97. The number of hydrogen-bond donors (Lipinski definition) is 0. The van der Waals surface area contributed by atoms with Gasteiger partial charge >= 0.3 is 0 Å². The van der Waals surface area contributed by atoms with E-state index in [0.717, 1.165) is 23.7 Å². The molecule has 0 aliphatic heterocycles. The zero-order chi connectivity index (χ0) is 9.86. The summed E-state index contributed by atoms with van der Waals surface area (Å²) in [5.74, 6) is 3.06. The second kappa shape index (κ2) is 4.10. The van der Waals surface area contributed by atoms with Gasteiger partial charge in [0.2, 0.25) is 0 Å². The maximum absolute atomic E-state index is 8.65. The van der Waals surface area contributed by atoms with Crippen LogP contribution in [0.15, 0.2) is 22.8 Å². The molecule has 0 bridgehead atoms. The molecule has 0 atom stereocenters. The fraction of sp³-hybridized carbons (Fsp3) is 0.545. The Kier molecular flexibility index (Phi) is 2.83. The van der Waals surface area contributed by atoms with E-state index >= 15 is 0 Å². The Balaban J connectivity index is 1.71. The van der Waals surface area contributed by atoms with Crippen LogP contribution in [-0.4, -0.2) is 5.75 Å². The lowest BCUT2D eigenvalue weighted by Gasteiger charge is -2.08. The molecule has 0 unspecified atom stereocenters. The van der Waals surface area contributed by atoms with Gasteiger partial charge in [0.25, 0.3) is 0 Å². The molecule has 1 fully saturated rings. The standard InChI is InChI=1S/C11H13NOS/c12-6-5-11(3-4-11)9-14-8-10-2-1-7-13-10/h1-2,7H,3-5,8-9H2. The van der Waals surface area contributed by atoms with E-state index in [2.05, 4.69) is 6.07 Å². The van der Waals surface area contributed by atoms with E-state index in [-0.39, 0.29) is 0 Å². The predicted molar refractivity (Wildman–Crippen MR) is 56.8 cm³/mol. The Morgan fingerprint density at radius 1 is 1.57 bits per heavy atom. The first-order valence-electron chi connectivity index (χ1n) is 4.82. The summed E-state index contributed by atoms with van der Waals surface area (Å²) in [6.07, 6.45) is 4.88. The SMILES string of the molecule is N#CCC1(CSCc2ccco2)CC1. The second-order valence-electron chi connectivity index (χ2n) is 3.91. The summed E-state index contributed by atoms with van der Waals surface area (Å²) in [7, 11) is 0. The molecule has 0 amide bonds. The maximum atomic E-state index is 8.65. The van der Waals surface area contributed by atoms with Crippen molar-refractivity contribution in [3.05, 3.63) is 24.2 Å². The molecule has 2 rings (SSSR count). The van der Waals surface area contributed by atoms with Gasteiger partial charge in [0.1, 0.15) is 5.76 Å². The Morgan fingerprint density at radius 2 is 2.43 bits per heavy atom. The molecule has 1 aliphatic carbocycles. The topological polar surface area (TPSA) is 36.9 Å². The van der Waals surface area contributed by atoms with Crippen molar-refractivity contribution < 1.29 is 4.42 Å². The van der Waals surface area contributed by atoms with Gasteiger partial charge in [-0.3, -0.25) is 0 Å². The van der Waals surface area contributed by atoms with E-state index in [1.54, 1.807) is 6.26 Å². The third kappa shape index (κ3) is 2.33. The van der Waals surface area contributed by atoms with Crippen molar-refractivity contribution in [2.45, 2.75) is 25.0 Å². The van der Waals surface area contributed by atoms with Crippen molar-refractivity contribution in [1.82, 2.24) is 0 Å². The Bertz CT molecular complexity index is 322. The van der Waals surface area contributed by atoms with E-state index in [1.165, 1.54) is 12.8 Å². The van der Waals surface area contributed by atoms with Gasteiger partial charge < -0.3 is 4.42 Å². The van der Waals surface area contributed by atoms with Gasteiger partial charge in [-0.15, -0.1) is 0 Å². The zero-order valence-corrected chi connectivity index (χ0v) is 8.85. The number of thioether (sulfide) groups is 1. The summed E-state index contributed by atoms with van der Waals surface area (Å²) in [6.45, 7) is 0. The first kappa shape index (κ1) is 9.67. The Labute approximate surface area is 88.3 Å². The lowest BCUT2D eigenvalue weighted by molar-refractivity contribution is 0.529. The second-order valence-corrected chi connectivity index (χ2v) is 4.89. The minimum atomic E-state index is 0.353. The molecule has 1 saturated carbocycles. The summed E-state index contributed by atoms with van der Waals surface area (Å²) in [5, 5.41) is 8.65. The minimum Gasteiger partial charge on any atom is -0.468 e. The molecule has 0 radical (unpaired) electrons. The van der Waals surface area contributed by atoms with Crippen molar-refractivity contribution in [2.75, 3.05) is 5.75 Å². The molecule has 1 aromatic rings. The normalized spacial score (nSPS) is 17.6. The summed E-state index contributed by atoms with van der Waals surface area (Å²) >= 11 is 1.88. The van der Waals surface area contributed by atoms with Crippen molar-refractivity contribution in [3.8, 4) is 6.07 Å². The average molecular weight is 207 g/mol. The highest BCUT2D eigenvalue weighted by Gasteiger charge is 2.41. The van der Waals surface area contributed by atoms with Crippen LogP contribution in [0.2, 0.25) is 0 Å². The van der Waals surface area contributed by atoms with Gasteiger partial charge in [-0.05, 0) is 30.4 Å². The molecule has 0 N–H and O–H groups in total. The number of nitriles is 1. The molecule has 0 saturated heterocycles. The molecule has 0 spiro atoms. The third-order valence-electron chi connectivity index (χ3n) is 2.64. The van der Waals surface area contributed by atoms with Crippen LogP contribution in [0.1, 0.15) is 25.0 Å². The van der Waals surface area contributed by atoms with Gasteiger partial charge in [0.05, 0.1) is 18.1 Å². The molecular weight excluding hydrogens is 194 g/mol. The number of furan rings is 1. The van der Waals surface area contributed by atoms with E-state index in [4.69, 9.17) is 9.68 Å². The quantitative estimate of drug-likeness (QED) is 0.744. The highest BCUT2D eigenvalue weighted by Crippen LogP contribution is 2.51. The number of rotatable bonds is 5. The lowest BCUT2D eigenvalue weighted by Crippen LogP contribution is -2.02. The van der Waals surface area contributed by atoms with E-state index in [9.17, 15) is 0 Å². The maximum Gasteiger partial charge on any atom is 0.113 e. The van der Waals surface area contributed by atoms with Gasteiger partial charge in [0, 0.05) is 12.2 Å². The zero-order valence-electron chi connectivity index (χ0n) is 8.03. The summed E-state index contributed by atoms with van der Waals surface area (Å²) in [4.78, 5) is 0. The predicted octanol–water partition coefficient (Wildman–Crippen LogP) is 3.21. The molecule has 1 aromatic heterocycles. The van der Waals surface area contributed by atoms with Crippen molar-refractivity contribution in [3.63, 3.8) is 0 Å². The molecule has 1 heterocycles. The van der Waals surface area contributed by atoms with Gasteiger partial charge in [-0.25, -0.2) is 0 Å². The highest BCUT2D eigenvalue weighted by molar-refractivity contribution is 7.98. The minimum absolute atomic E-state index is 0.353. The third-order valence-corrected chi connectivity index (χ3v) is 3.95. The van der Waals surface area contributed by atoms with Crippen molar-refractivity contribution in [2.24, 2.45) is 5.41 Å². The van der Waals surface area contributed by atoms with E-state index < -0.39 is 0 Å². The molecular formula is C11H13NOS. The van der Waals surface area contributed by atoms with Crippen LogP contribution in [0.5, 0.6) is 0 Å². The van der Waals surface area contributed by atoms with Crippen molar-refractivity contribution >= 4 is 11.8 Å². The molecule has 3 heteroatoms. The van der Waals surface area contributed by atoms with E-state index in [0.29, 0.717) is 5.41 Å². The molecule has 14 heavy (non-hydrogen) atoms. The lowest BCUT2D eigenvalue weighted by atomic mass is 10.1. The monoisotopic (exact) mass is 207 g/mol. The van der Waals surface area contributed by atoms with Crippen LogP contribution < -0.4 is 0 Å². The van der Waals surface area contributed by atoms with Crippen LogP contribution in [0.25, 0.3) is 0 Å². The summed E-state index contributed by atoms with van der Waals surface area (Å²) < 4.78 is 5.24. The molecule has 2 nitrogen and oxygen atoms in total. The summed E-state index contributed by atoms with van der Waals surface area (Å²) in [5.41, 5.74) is 0.353. The van der Waals surface area contributed by atoms with Crippen LogP contribution >= 0.6 is 11.8 Å². The van der Waals surface area contributed by atoms with Gasteiger partial charge in [-0.1, -0.05) is 0 Å². The van der Waals surface area contributed by atoms with Crippen LogP contribution in [-0.2, 0) is 5.75 Å².